The van der Waals surface area contributed by atoms with Crippen LogP contribution in [-0.2, 0) is 6.42 Å². The van der Waals surface area contributed by atoms with E-state index in [1.54, 1.807) is 0 Å². The lowest BCUT2D eigenvalue weighted by Crippen LogP contribution is -2.66. The molecule has 3 aromatic rings. The highest BCUT2D eigenvalue weighted by Gasteiger charge is 2.39. The quantitative estimate of drug-likeness (QED) is 0.297. The Morgan fingerprint density at radius 2 is 1.60 bits per heavy atom. The van der Waals surface area contributed by atoms with Crippen LogP contribution in [0.1, 0.15) is 43.0 Å². The van der Waals surface area contributed by atoms with Crippen LogP contribution < -0.4 is 42.8 Å². The summed E-state index contributed by atoms with van der Waals surface area (Å²) in [4.78, 5) is 4.94. The molecule has 1 aromatic heterocycles. The Morgan fingerprint density at radius 1 is 0.975 bits per heavy atom. The first-order chi connectivity index (χ1) is 18.5. The van der Waals surface area contributed by atoms with Crippen molar-refractivity contribution >= 4 is 111 Å². The van der Waals surface area contributed by atoms with Crippen molar-refractivity contribution in [2.24, 2.45) is 0 Å². The second-order valence-electron chi connectivity index (χ2n) is 12.7. The van der Waals surface area contributed by atoms with E-state index in [0.717, 1.165) is 45.8 Å². The maximum Gasteiger partial charge on any atom is 0.257 e. The number of fused-ring (bicyclic) bond motifs is 1. The first-order valence-electron chi connectivity index (χ1n) is 14.2. The van der Waals surface area contributed by atoms with Crippen molar-refractivity contribution in [3.05, 3.63) is 16.7 Å². The van der Waals surface area contributed by atoms with E-state index in [0.29, 0.717) is 23.0 Å². The standard InChI is InChI=1S/C23H34B10N4O3/c1-6(2)39-19-8(5-34)13(24)12(16(27)18(19)29)21-35-20(37-40-21)11-7-3-4-9(36-22(30,31)23(32,33)38)10(7)14(25)17(28)15(11)26/h6,9,36,38H,3-4,24-33H2,1-2H3/t9-/m0/s1. The fourth-order valence-corrected chi connectivity index (χ4v) is 5.87. The van der Waals surface area contributed by atoms with E-state index in [4.69, 9.17) is 14.2 Å². The molecule has 1 atom stereocenters. The molecule has 1 aliphatic rings. The molecule has 194 valence electrons. The fourth-order valence-electron chi connectivity index (χ4n) is 5.87. The lowest BCUT2D eigenvalue weighted by atomic mass is 9.40. The van der Waals surface area contributed by atoms with E-state index in [1.165, 1.54) is 22.1 Å². The maximum absolute atomic E-state index is 10.8. The third kappa shape index (κ3) is 5.03. The summed E-state index contributed by atoms with van der Waals surface area (Å²) in [6, 6.07) is 2.45. The number of rotatable bonds is 7. The van der Waals surface area contributed by atoms with Crippen LogP contribution in [0.3, 0.4) is 0 Å². The van der Waals surface area contributed by atoms with Crippen LogP contribution in [0.4, 0.5) is 0 Å². The minimum absolute atomic E-state index is 0.0485. The molecule has 0 unspecified atom stereocenters. The molecule has 0 fully saturated rings. The summed E-state index contributed by atoms with van der Waals surface area (Å²) in [7, 11) is 20.1. The number of aliphatic hydroxyl groups is 1. The Kier molecular flexibility index (Phi) is 8.12. The third-order valence-corrected chi connectivity index (χ3v) is 9.21. The molecule has 17 heteroatoms. The van der Waals surface area contributed by atoms with Gasteiger partial charge < -0.3 is 19.7 Å². The zero-order valence-electron chi connectivity index (χ0n) is 26.2. The van der Waals surface area contributed by atoms with E-state index in [9.17, 15) is 10.4 Å². The van der Waals surface area contributed by atoms with Gasteiger partial charge in [0.25, 0.3) is 5.89 Å². The third-order valence-electron chi connectivity index (χ3n) is 9.21. The molecule has 0 bridgehead atoms. The Labute approximate surface area is 246 Å². The Balaban J connectivity index is 1.86. The monoisotopic (exact) mass is 524 g/mol. The van der Waals surface area contributed by atoms with E-state index in [2.05, 4.69) is 40.1 Å². The van der Waals surface area contributed by atoms with E-state index in [1.807, 2.05) is 68.8 Å². The number of hydrogen-bond acceptors (Lipinski definition) is 7. The highest BCUT2D eigenvalue weighted by molar-refractivity contribution is 6.59. The van der Waals surface area contributed by atoms with Crippen LogP contribution in [0.2, 0.25) is 0 Å². The Morgan fingerprint density at radius 3 is 2.17 bits per heavy atom. The molecule has 0 amide bonds. The SMILES string of the molecule is Bc1c(B)c(-c2noc(-c3c(B)c(B)c(OC(C)C)c(C#N)c3B)n2)c2c(c1B)[C@@H](NC(B)(B)C(B)(B)O)CC2. The molecular weight excluding hydrogens is 488 g/mol. The molecule has 0 aliphatic heterocycles. The summed E-state index contributed by atoms with van der Waals surface area (Å²) >= 11 is 0. The number of ether oxygens (including phenoxy) is 1. The summed E-state index contributed by atoms with van der Waals surface area (Å²) < 4.78 is 12.0. The summed E-state index contributed by atoms with van der Waals surface area (Å²) in [5, 5.41) is 27.7. The van der Waals surface area contributed by atoms with E-state index < -0.39 is 10.7 Å². The highest BCUT2D eigenvalue weighted by atomic mass is 16.5. The molecule has 4 rings (SSSR count). The summed E-state index contributed by atoms with van der Waals surface area (Å²) in [5.41, 5.74) is 11.1. The molecule has 40 heavy (non-hydrogen) atoms. The van der Waals surface area contributed by atoms with Gasteiger partial charge in [-0.15, -0.1) is 5.46 Å². The summed E-state index contributed by atoms with van der Waals surface area (Å²) in [5.74, 6) is 1.58. The lowest BCUT2D eigenvalue weighted by Gasteiger charge is -2.42. The van der Waals surface area contributed by atoms with Gasteiger partial charge in [-0.1, -0.05) is 32.5 Å². The smallest absolute Gasteiger partial charge is 0.257 e. The van der Waals surface area contributed by atoms with Gasteiger partial charge in [0.15, 0.2) is 0 Å². The molecule has 1 aliphatic carbocycles. The van der Waals surface area contributed by atoms with Gasteiger partial charge in [0.05, 0.1) is 11.7 Å². The first-order valence-corrected chi connectivity index (χ1v) is 14.2. The molecule has 0 saturated carbocycles. The maximum atomic E-state index is 10.8. The van der Waals surface area contributed by atoms with Crippen molar-refractivity contribution in [3.63, 3.8) is 0 Å². The van der Waals surface area contributed by atoms with Crippen molar-refractivity contribution in [2.45, 2.75) is 49.6 Å². The molecule has 2 N–H and O–H groups in total. The van der Waals surface area contributed by atoms with Crippen LogP contribution in [0.5, 0.6) is 5.75 Å². The number of benzene rings is 2. The van der Waals surface area contributed by atoms with Crippen molar-refractivity contribution in [1.29, 1.82) is 5.26 Å². The zero-order valence-corrected chi connectivity index (χ0v) is 26.2. The van der Waals surface area contributed by atoms with Gasteiger partial charge in [-0.05, 0) is 43.2 Å². The number of nitrogens with one attached hydrogen (secondary N) is 1. The van der Waals surface area contributed by atoms with Gasteiger partial charge in [-0.25, -0.2) is 0 Å². The molecular formula is C23H34B10N4O3. The lowest BCUT2D eigenvalue weighted by molar-refractivity contribution is 0.169. The number of aromatic nitrogens is 2. The molecule has 0 radical (unpaired) electrons. The van der Waals surface area contributed by atoms with E-state index in [-0.39, 0.29) is 12.1 Å². The van der Waals surface area contributed by atoms with Crippen LogP contribution >= 0.6 is 0 Å². The fraction of sp³-hybridized carbons (Fsp3) is 0.348. The molecule has 1 heterocycles. The van der Waals surface area contributed by atoms with Gasteiger partial charge in [0, 0.05) is 22.6 Å². The highest BCUT2D eigenvalue weighted by Crippen LogP contribution is 2.36. The van der Waals surface area contributed by atoms with Crippen LogP contribution in [0.15, 0.2) is 4.52 Å². The normalized spacial score (nSPS) is 15.2. The number of nitriles is 1. The van der Waals surface area contributed by atoms with Crippen LogP contribution in [0.25, 0.3) is 22.8 Å². The van der Waals surface area contributed by atoms with Gasteiger partial charge in [-0.2, -0.15) is 10.2 Å². The Bertz CT molecular complexity index is 1550. The summed E-state index contributed by atoms with van der Waals surface area (Å²) in [6.07, 6.45) is 1.76. The molecule has 0 spiro atoms. The first kappa shape index (κ1) is 30.4. The molecule has 2 aromatic carbocycles. The zero-order chi connectivity index (χ0) is 29.9. The minimum Gasteiger partial charge on any atom is -0.490 e. The van der Waals surface area contributed by atoms with Gasteiger partial charge in [0.1, 0.15) is 90.3 Å². The summed E-state index contributed by atoms with van der Waals surface area (Å²) in [6.45, 7) is 3.92. The van der Waals surface area contributed by atoms with Gasteiger partial charge in [-0.3, -0.25) is 0 Å². The molecule has 7 nitrogen and oxygen atoms in total. The van der Waals surface area contributed by atoms with Crippen LogP contribution in [-0.4, -0.2) is 111 Å². The van der Waals surface area contributed by atoms with Crippen molar-refractivity contribution in [3.8, 4) is 34.7 Å². The number of hydrogen-bond donors (Lipinski definition) is 2. The van der Waals surface area contributed by atoms with Crippen LogP contribution in [0, 0.1) is 11.3 Å². The predicted octanol–water partition coefficient (Wildman–Crippen LogP) is -11.0. The van der Waals surface area contributed by atoms with Crippen molar-refractivity contribution < 1.29 is 14.4 Å². The average molecular weight is 523 g/mol. The second-order valence-corrected chi connectivity index (χ2v) is 12.7. The van der Waals surface area contributed by atoms with Crippen molar-refractivity contribution in [2.75, 3.05) is 0 Å². The molecule has 0 saturated heterocycles. The van der Waals surface area contributed by atoms with E-state index >= 15 is 0 Å². The topological polar surface area (TPSA) is 104 Å². The minimum atomic E-state index is -0.888. The Hall–Kier alpha value is -2.56. The predicted molar refractivity (Wildman–Crippen MR) is 191 cm³/mol. The van der Waals surface area contributed by atoms with Crippen molar-refractivity contribution in [1.82, 2.24) is 15.5 Å². The van der Waals surface area contributed by atoms with Gasteiger partial charge >= 0.3 is 0 Å². The van der Waals surface area contributed by atoms with Gasteiger partial charge in [0.2, 0.25) is 5.82 Å². The largest absolute Gasteiger partial charge is 0.490 e. The second kappa shape index (κ2) is 10.7. The average Bonchev–Trinajstić information content (AvgIpc) is 3.48. The number of nitrogens with zero attached hydrogens (tertiary/aromatic N) is 3.